The van der Waals surface area contributed by atoms with Gasteiger partial charge < -0.3 is 10.2 Å². The van der Waals surface area contributed by atoms with Gasteiger partial charge in [0.2, 0.25) is 11.8 Å². The Morgan fingerprint density at radius 3 is 2.26 bits per heavy atom. The van der Waals surface area contributed by atoms with Gasteiger partial charge in [-0.1, -0.05) is 48.3 Å². The first-order valence-corrected chi connectivity index (χ1v) is 12.0. The van der Waals surface area contributed by atoms with E-state index in [0.29, 0.717) is 27.8 Å². The van der Waals surface area contributed by atoms with Crippen LogP contribution in [0.3, 0.4) is 0 Å². The van der Waals surface area contributed by atoms with Gasteiger partial charge in [-0.05, 0) is 50.1 Å². The molecule has 0 aliphatic rings. The van der Waals surface area contributed by atoms with Gasteiger partial charge in [0.05, 0.1) is 5.75 Å². The molecule has 0 unspecified atom stereocenters. The lowest BCUT2D eigenvalue weighted by Gasteiger charge is -2.31. The fourth-order valence-corrected chi connectivity index (χ4v) is 4.46. The molecule has 0 saturated heterocycles. The number of amides is 2. The molecule has 0 spiro atoms. The Hall–Kier alpha value is -1.76. The Labute approximate surface area is 197 Å². The number of thioether (sulfide) groups is 1. The monoisotopic (exact) mass is 484 g/mol. The van der Waals surface area contributed by atoms with Crippen molar-refractivity contribution in [1.82, 2.24) is 10.2 Å². The molecule has 1 N–H and O–H groups in total. The number of halogens is 3. The summed E-state index contributed by atoms with van der Waals surface area (Å²) in [4.78, 5) is 27.5. The maximum absolute atomic E-state index is 13.2. The zero-order valence-corrected chi connectivity index (χ0v) is 20.2. The summed E-state index contributed by atoms with van der Waals surface area (Å²) in [7, 11) is 0. The molecule has 8 heteroatoms. The van der Waals surface area contributed by atoms with Crippen LogP contribution < -0.4 is 5.32 Å². The van der Waals surface area contributed by atoms with Crippen LogP contribution in [0.5, 0.6) is 0 Å². The summed E-state index contributed by atoms with van der Waals surface area (Å²) in [6.45, 7) is 5.75. The maximum atomic E-state index is 13.2. The molecule has 2 amide bonds. The molecule has 0 bridgehead atoms. The molecular weight excluding hydrogens is 458 g/mol. The molecule has 2 aromatic carbocycles. The van der Waals surface area contributed by atoms with Gasteiger partial charge in [0.1, 0.15) is 11.9 Å². The van der Waals surface area contributed by atoms with Crippen molar-refractivity contribution in [3.63, 3.8) is 0 Å². The normalized spacial score (nSPS) is 12.0. The Morgan fingerprint density at radius 1 is 1.10 bits per heavy atom. The molecule has 0 fully saturated rings. The van der Waals surface area contributed by atoms with Gasteiger partial charge in [-0.2, -0.15) is 0 Å². The summed E-state index contributed by atoms with van der Waals surface area (Å²) in [6.07, 6.45) is 0.453. The molecule has 2 rings (SSSR count). The van der Waals surface area contributed by atoms with E-state index in [2.05, 4.69) is 5.32 Å². The molecule has 0 saturated carbocycles. The third-order valence-electron chi connectivity index (χ3n) is 4.61. The van der Waals surface area contributed by atoms with Crippen LogP contribution in [0.1, 0.15) is 38.3 Å². The zero-order chi connectivity index (χ0) is 23.0. The molecule has 2 aromatic rings. The van der Waals surface area contributed by atoms with Crippen LogP contribution >= 0.6 is 35.0 Å². The van der Waals surface area contributed by atoms with E-state index < -0.39 is 6.04 Å². The lowest BCUT2D eigenvalue weighted by molar-refractivity contribution is -0.139. The summed E-state index contributed by atoms with van der Waals surface area (Å²) in [5.74, 6) is 0.0352. The van der Waals surface area contributed by atoms with E-state index in [-0.39, 0.29) is 36.0 Å². The third-order valence-corrected chi connectivity index (χ3v) is 6.31. The van der Waals surface area contributed by atoms with Crippen molar-refractivity contribution in [2.75, 3.05) is 5.75 Å². The predicted molar refractivity (Wildman–Crippen MR) is 127 cm³/mol. The molecule has 168 valence electrons. The number of carbonyl (C=O) groups excluding carboxylic acids is 2. The van der Waals surface area contributed by atoms with E-state index in [1.165, 1.54) is 23.9 Å². The Morgan fingerprint density at radius 2 is 1.71 bits per heavy atom. The number of hydrogen-bond donors (Lipinski definition) is 1. The highest BCUT2D eigenvalue weighted by atomic mass is 35.5. The molecule has 1 atom stereocenters. The quantitative estimate of drug-likeness (QED) is 0.470. The minimum Gasteiger partial charge on any atom is -0.352 e. The van der Waals surface area contributed by atoms with Gasteiger partial charge in [-0.15, -0.1) is 11.8 Å². The highest BCUT2D eigenvalue weighted by molar-refractivity contribution is 7.99. The summed E-state index contributed by atoms with van der Waals surface area (Å²) in [6, 6.07) is 10.6. The first-order valence-electron chi connectivity index (χ1n) is 10.1. The first kappa shape index (κ1) is 25.5. The Kier molecular flexibility index (Phi) is 10.1. The van der Waals surface area contributed by atoms with Crippen molar-refractivity contribution in [2.24, 2.45) is 0 Å². The van der Waals surface area contributed by atoms with Crippen molar-refractivity contribution in [2.45, 2.75) is 51.6 Å². The smallest absolute Gasteiger partial charge is 0.243 e. The average molecular weight is 485 g/mol. The van der Waals surface area contributed by atoms with Crippen molar-refractivity contribution < 1.29 is 14.0 Å². The van der Waals surface area contributed by atoms with Crippen LogP contribution in [0.4, 0.5) is 4.39 Å². The van der Waals surface area contributed by atoms with E-state index in [1.54, 1.807) is 35.2 Å². The van der Waals surface area contributed by atoms with E-state index in [0.717, 1.165) is 5.56 Å². The molecule has 0 aromatic heterocycles. The van der Waals surface area contributed by atoms with Crippen molar-refractivity contribution in [3.05, 3.63) is 69.5 Å². The van der Waals surface area contributed by atoms with Crippen LogP contribution in [0.15, 0.2) is 42.5 Å². The minimum absolute atomic E-state index is 0.0461. The largest absolute Gasteiger partial charge is 0.352 e. The predicted octanol–water partition coefficient (Wildman–Crippen LogP) is 5.70. The number of carbonyl (C=O) groups is 2. The summed E-state index contributed by atoms with van der Waals surface area (Å²) >= 11 is 14.1. The molecule has 31 heavy (non-hydrogen) atoms. The molecule has 0 radical (unpaired) electrons. The summed E-state index contributed by atoms with van der Waals surface area (Å²) < 4.78 is 13.1. The SMILES string of the molecule is CC[C@@H](C(=O)NC(C)C)N(Cc1c(Cl)cccc1Cl)C(=O)CSCc1ccc(F)cc1. The van der Waals surface area contributed by atoms with Gasteiger partial charge in [0, 0.05) is 33.9 Å². The number of benzene rings is 2. The van der Waals surface area contributed by atoms with Gasteiger partial charge in [0.25, 0.3) is 0 Å². The van der Waals surface area contributed by atoms with Gasteiger partial charge in [0.15, 0.2) is 0 Å². The van der Waals surface area contributed by atoms with Crippen LogP contribution in [-0.4, -0.2) is 34.6 Å². The second kappa shape index (κ2) is 12.3. The van der Waals surface area contributed by atoms with Crippen LogP contribution in [0, 0.1) is 5.82 Å². The van der Waals surface area contributed by atoms with Crippen molar-refractivity contribution in [1.29, 1.82) is 0 Å². The van der Waals surface area contributed by atoms with Crippen LogP contribution in [0.25, 0.3) is 0 Å². The maximum Gasteiger partial charge on any atom is 0.243 e. The van der Waals surface area contributed by atoms with E-state index >= 15 is 0 Å². The molecule has 0 heterocycles. The molecular formula is C23H27Cl2FN2O2S. The second-order valence-corrected chi connectivity index (χ2v) is 9.23. The van der Waals surface area contributed by atoms with E-state index in [4.69, 9.17) is 23.2 Å². The Balaban J connectivity index is 2.19. The topological polar surface area (TPSA) is 49.4 Å². The lowest BCUT2D eigenvalue weighted by Crippen LogP contribution is -2.51. The highest BCUT2D eigenvalue weighted by Crippen LogP contribution is 2.27. The number of rotatable bonds is 10. The molecule has 0 aliphatic heterocycles. The van der Waals surface area contributed by atoms with Crippen LogP contribution in [0.2, 0.25) is 10.0 Å². The number of hydrogen-bond acceptors (Lipinski definition) is 3. The lowest BCUT2D eigenvalue weighted by atomic mass is 10.1. The molecule has 4 nitrogen and oxygen atoms in total. The molecule has 0 aliphatic carbocycles. The zero-order valence-electron chi connectivity index (χ0n) is 17.8. The van der Waals surface area contributed by atoms with Gasteiger partial charge in [-0.3, -0.25) is 9.59 Å². The second-order valence-electron chi connectivity index (χ2n) is 7.43. The van der Waals surface area contributed by atoms with E-state index in [1.807, 2.05) is 20.8 Å². The van der Waals surface area contributed by atoms with Crippen LogP contribution in [-0.2, 0) is 21.9 Å². The van der Waals surface area contributed by atoms with Crippen molar-refractivity contribution >= 4 is 46.8 Å². The summed E-state index contributed by atoms with van der Waals surface area (Å²) in [5, 5.41) is 3.79. The first-order chi connectivity index (χ1) is 14.7. The number of nitrogens with zero attached hydrogens (tertiary/aromatic N) is 1. The standard InChI is InChI=1S/C23H27Cl2FN2O2S/c1-4-21(23(30)27-15(2)3)28(12-18-19(24)6-5-7-20(18)25)22(29)14-31-13-16-8-10-17(26)11-9-16/h5-11,15,21H,4,12-14H2,1-3H3,(H,27,30)/t21-/m0/s1. The minimum atomic E-state index is -0.645. The van der Waals surface area contributed by atoms with Gasteiger partial charge >= 0.3 is 0 Å². The number of nitrogens with one attached hydrogen (secondary N) is 1. The third kappa shape index (κ3) is 7.70. The average Bonchev–Trinajstić information content (AvgIpc) is 2.70. The summed E-state index contributed by atoms with van der Waals surface area (Å²) in [5.41, 5.74) is 1.53. The van der Waals surface area contributed by atoms with E-state index in [9.17, 15) is 14.0 Å². The Bertz CT molecular complexity index is 873. The fraction of sp³-hybridized carbons (Fsp3) is 0.391. The van der Waals surface area contributed by atoms with Crippen molar-refractivity contribution in [3.8, 4) is 0 Å². The van der Waals surface area contributed by atoms with Gasteiger partial charge in [-0.25, -0.2) is 4.39 Å². The fourth-order valence-electron chi connectivity index (χ4n) is 3.07. The highest BCUT2D eigenvalue weighted by Gasteiger charge is 2.29.